The molecule has 4 aromatic rings. The first-order chi connectivity index (χ1) is 21.9. The van der Waals surface area contributed by atoms with Gasteiger partial charge in [0.15, 0.2) is 0 Å². The monoisotopic (exact) mass is 646 g/mol. The molecule has 1 unspecified atom stereocenters. The smallest absolute Gasteiger partial charge is 0.141 e. The molecule has 1 aromatic heterocycles. The van der Waals surface area contributed by atoms with Crippen LogP contribution in [0, 0.1) is 17.1 Å². The van der Waals surface area contributed by atoms with Gasteiger partial charge in [-0.25, -0.2) is 4.39 Å². The normalized spacial score (nSPS) is 16.2. The average molecular weight is 648 g/mol. The van der Waals surface area contributed by atoms with E-state index in [0.29, 0.717) is 44.6 Å². The quantitative estimate of drug-likeness (QED) is 0.152. The van der Waals surface area contributed by atoms with Crippen molar-refractivity contribution in [1.29, 1.82) is 5.26 Å². The van der Waals surface area contributed by atoms with Crippen molar-refractivity contribution in [2.45, 2.75) is 31.8 Å². The van der Waals surface area contributed by atoms with Crippen molar-refractivity contribution in [2.75, 3.05) is 37.4 Å². The van der Waals surface area contributed by atoms with E-state index in [2.05, 4.69) is 55.7 Å². The zero-order valence-corrected chi connectivity index (χ0v) is 26.4. The SMILES string of the molecule is CCN1CCC(N2C=C(C(Nc3cc(Cl)c4ncc(C#N)c(Nc5ccc(F)c(Cl)c5)c4c3)c3cccc(OC)c3)NN2)CC1. The van der Waals surface area contributed by atoms with Gasteiger partial charge >= 0.3 is 0 Å². The highest BCUT2D eigenvalue weighted by atomic mass is 35.5. The lowest BCUT2D eigenvalue weighted by molar-refractivity contribution is 0.112. The van der Waals surface area contributed by atoms with Gasteiger partial charge in [-0.15, -0.1) is 5.53 Å². The molecule has 12 heteroatoms. The molecule has 2 aliphatic heterocycles. The van der Waals surface area contributed by atoms with Gasteiger partial charge in [0.25, 0.3) is 0 Å². The lowest BCUT2D eigenvalue weighted by atomic mass is 10.0. The van der Waals surface area contributed by atoms with E-state index >= 15 is 0 Å². The van der Waals surface area contributed by atoms with Crippen molar-refractivity contribution in [3.63, 3.8) is 0 Å². The predicted molar refractivity (Wildman–Crippen MR) is 177 cm³/mol. The number of nitrogens with zero attached hydrogens (tertiary/aromatic N) is 4. The van der Waals surface area contributed by atoms with Crippen LogP contribution in [0.2, 0.25) is 10.0 Å². The van der Waals surface area contributed by atoms with Gasteiger partial charge in [0.05, 0.1) is 45.7 Å². The third-order valence-electron chi connectivity index (χ3n) is 8.29. The molecule has 3 heterocycles. The third kappa shape index (κ3) is 6.58. The van der Waals surface area contributed by atoms with Gasteiger partial charge in [0.2, 0.25) is 0 Å². The van der Waals surface area contributed by atoms with E-state index in [9.17, 15) is 9.65 Å². The van der Waals surface area contributed by atoms with Crippen LogP contribution in [-0.4, -0.2) is 47.7 Å². The highest BCUT2D eigenvalue weighted by Gasteiger charge is 2.29. The van der Waals surface area contributed by atoms with Gasteiger partial charge in [0, 0.05) is 48.3 Å². The second kappa shape index (κ2) is 13.4. The maximum atomic E-state index is 13.9. The van der Waals surface area contributed by atoms with Crippen LogP contribution in [0.3, 0.4) is 0 Å². The van der Waals surface area contributed by atoms with Crippen molar-refractivity contribution in [1.82, 2.24) is 25.9 Å². The number of aromatic nitrogens is 1. The predicted octanol–water partition coefficient (Wildman–Crippen LogP) is 7.11. The van der Waals surface area contributed by atoms with Crippen LogP contribution in [0.4, 0.5) is 21.5 Å². The summed E-state index contributed by atoms with van der Waals surface area (Å²) in [6, 6.07) is 18.1. The summed E-state index contributed by atoms with van der Waals surface area (Å²) in [5, 5.41) is 20.0. The first kappa shape index (κ1) is 30.7. The van der Waals surface area contributed by atoms with E-state index < -0.39 is 5.82 Å². The number of methoxy groups -OCH3 is 1. The molecular weight excluding hydrogens is 614 g/mol. The molecule has 0 spiro atoms. The molecule has 0 aliphatic carbocycles. The van der Waals surface area contributed by atoms with Gasteiger partial charge in [-0.1, -0.05) is 42.3 Å². The lowest BCUT2D eigenvalue weighted by Crippen LogP contribution is -2.48. The standard InChI is InChI=1S/C33H33Cl2FN8O/c1-3-43-11-9-24(10-12-43)44-19-30(41-42-44)32(20-5-4-6-25(13-20)45-2)40-23-14-26-31(39-22-7-8-29(36)27(34)15-22)21(17-37)18-38-33(26)28(35)16-23/h4-8,13-16,18-19,24,32,40-42H,3,9-12H2,1-2H3,(H,38,39). The Balaban J connectivity index is 1.38. The Morgan fingerprint density at radius 1 is 1.11 bits per heavy atom. The van der Waals surface area contributed by atoms with Crippen LogP contribution in [0.1, 0.15) is 36.9 Å². The summed E-state index contributed by atoms with van der Waals surface area (Å²) >= 11 is 12.8. The molecule has 0 bridgehead atoms. The van der Waals surface area contributed by atoms with E-state index in [1.165, 1.54) is 18.3 Å². The zero-order valence-electron chi connectivity index (χ0n) is 24.9. The summed E-state index contributed by atoms with van der Waals surface area (Å²) in [5.41, 5.74) is 11.1. The summed E-state index contributed by atoms with van der Waals surface area (Å²) < 4.78 is 19.4. The Kier molecular flexibility index (Phi) is 9.14. The molecule has 0 saturated carbocycles. The summed E-state index contributed by atoms with van der Waals surface area (Å²) in [6.45, 7) is 5.39. The minimum atomic E-state index is -0.533. The van der Waals surface area contributed by atoms with E-state index in [0.717, 1.165) is 49.5 Å². The van der Waals surface area contributed by atoms with Crippen LogP contribution in [0.5, 0.6) is 5.75 Å². The number of piperidine rings is 1. The number of ether oxygens (including phenoxy) is 1. The maximum absolute atomic E-state index is 13.9. The fourth-order valence-electron chi connectivity index (χ4n) is 5.81. The number of nitriles is 1. The Morgan fingerprint density at radius 2 is 1.91 bits per heavy atom. The highest BCUT2D eigenvalue weighted by Crippen LogP contribution is 2.38. The number of hydrazine groups is 2. The van der Waals surface area contributed by atoms with Crippen LogP contribution < -0.4 is 26.3 Å². The molecule has 1 saturated heterocycles. The lowest BCUT2D eigenvalue weighted by Gasteiger charge is -2.35. The van der Waals surface area contributed by atoms with E-state index in [-0.39, 0.29) is 11.1 Å². The maximum Gasteiger partial charge on any atom is 0.141 e. The van der Waals surface area contributed by atoms with E-state index in [1.54, 1.807) is 13.2 Å². The molecule has 0 amide bonds. The third-order valence-corrected chi connectivity index (χ3v) is 8.87. The molecule has 2 aliphatic rings. The van der Waals surface area contributed by atoms with Crippen molar-refractivity contribution in [3.8, 4) is 11.8 Å². The minimum absolute atomic E-state index is 0.0331. The highest BCUT2D eigenvalue weighted by molar-refractivity contribution is 6.36. The Labute approximate surface area is 271 Å². The second-order valence-corrected chi connectivity index (χ2v) is 11.8. The van der Waals surface area contributed by atoms with Crippen LogP contribution >= 0.6 is 23.2 Å². The first-order valence-electron chi connectivity index (χ1n) is 14.8. The zero-order chi connectivity index (χ0) is 31.5. The van der Waals surface area contributed by atoms with E-state index in [1.807, 2.05) is 36.4 Å². The van der Waals surface area contributed by atoms with Crippen molar-refractivity contribution >= 4 is 51.2 Å². The number of fused-ring (bicyclic) bond motifs is 1. The Morgan fingerprint density at radius 3 is 2.64 bits per heavy atom. The number of pyridine rings is 1. The van der Waals surface area contributed by atoms with Crippen molar-refractivity contribution in [3.05, 3.63) is 99.7 Å². The van der Waals surface area contributed by atoms with Gasteiger partial charge in [-0.3, -0.25) is 9.99 Å². The minimum Gasteiger partial charge on any atom is -0.497 e. The molecular formula is C33H33Cl2FN8O. The molecule has 0 radical (unpaired) electrons. The fraction of sp³-hybridized carbons (Fsp3) is 0.273. The molecule has 6 rings (SSSR count). The van der Waals surface area contributed by atoms with Gasteiger partial charge in [-0.05, 0) is 67.4 Å². The summed E-state index contributed by atoms with van der Waals surface area (Å²) in [7, 11) is 1.65. The Hall–Kier alpha value is -4.27. The molecule has 1 fully saturated rings. The summed E-state index contributed by atoms with van der Waals surface area (Å²) in [5.74, 6) is 0.202. The van der Waals surface area contributed by atoms with Crippen LogP contribution in [-0.2, 0) is 0 Å². The number of likely N-dealkylation sites (tertiary alicyclic amines) is 1. The molecule has 4 N–H and O–H groups in total. The van der Waals surface area contributed by atoms with Crippen LogP contribution in [0.25, 0.3) is 10.9 Å². The fourth-order valence-corrected chi connectivity index (χ4v) is 6.26. The molecule has 9 nitrogen and oxygen atoms in total. The number of hydrogen-bond acceptors (Lipinski definition) is 9. The van der Waals surface area contributed by atoms with Gasteiger partial charge < -0.3 is 25.7 Å². The molecule has 3 aromatic carbocycles. The second-order valence-electron chi connectivity index (χ2n) is 11.0. The number of benzene rings is 3. The number of anilines is 3. The van der Waals surface area contributed by atoms with Crippen molar-refractivity contribution in [2.24, 2.45) is 0 Å². The van der Waals surface area contributed by atoms with E-state index in [4.69, 9.17) is 27.9 Å². The summed E-state index contributed by atoms with van der Waals surface area (Å²) in [4.78, 5) is 6.94. The van der Waals surface area contributed by atoms with Crippen LogP contribution in [0.15, 0.2) is 72.7 Å². The van der Waals surface area contributed by atoms with Crippen molar-refractivity contribution < 1.29 is 9.13 Å². The number of nitrogens with one attached hydrogen (secondary N) is 4. The Bertz CT molecular complexity index is 1790. The molecule has 45 heavy (non-hydrogen) atoms. The number of hydrogen-bond donors (Lipinski definition) is 4. The molecule has 1 atom stereocenters. The topological polar surface area (TPSA) is 101 Å². The molecule has 232 valence electrons. The summed E-state index contributed by atoms with van der Waals surface area (Å²) in [6.07, 6.45) is 5.71. The van der Waals surface area contributed by atoms with Gasteiger partial charge in [-0.2, -0.15) is 5.26 Å². The van der Waals surface area contributed by atoms with Gasteiger partial charge in [0.1, 0.15) is 17.6 Å². The number of rotatable bonds is 9. The average Bonchev–Trinajstić information content (AvgIpc) is 3.56. The first-order valence-corrected chi connectivity index (χ1v) is 15.5. The number of halogens is 3. The largest absolute Gasteiger partial charge is 0.497 e.